The summed E-state index contributed by atoms with van der Waals surface area (Å²) in [5.74, 6) is 0.748. The van der Waals surface area contributed by atoms with Gasteiger partial charge in [-0.2, -0.15) is 0 Å². The third-order valence-corrected chi connectivity index (χ3v) is 3.51. The van der Waals surface area contributed by atoms with Gasteiger partial charge in [0, 0.05) is 35.4 Å². The van der Waals surface area contributed by atoms with Crippen molar-refractivity contribution >= 4 is 10.8 Å². The molecule has 0 bridgehead atoms. The van der Waals surface area contributed by atoms with Crippen LogP contribution in [0, 0.1) is 0 Å². The molecule has 1 aromatic rings. The van der Waals surface area contributed by atoms with Gasteiger partial charge in [0.2, 0.25) is 0 Å². The fourth-order valence-corrected chi connectivity index (χ4v) is 2.18. The van der Waals surface area contributed by atoms with Crippen LogP contribution in [0.1, 0.15) is 24.5 Å². The lowest BCUT2D eigenvalue weighted by Crippen LogP contribution is -2.26. The van der Waals surface area contributed by atoms with E-state index in [9.17, 15) is 4.21 Å². The Morgan fingerprint density at radius 2 is 1.88 bits per heavy atom. The average molecular weight is 255 g/mol. The predicted molar refractivity (Wildman–Crippen MR) is 72.2 cm³/mol. The molecule has 0 aromatic heterocycles. The minimum atomic E-state index is -0.706. The van der Waals surface area contributed by atoms with Crippen LogP contribution >= 0.6 is 0 Å². The number of aliphatic hydroxyl groups excluding tert-OH is 1. The van der Waals surface area contributed by atoms with Crippen LogP contribution in [-0.2, 0) is 24.0 Å². The van der Waals surface area contributed by atoms with E-state index in [1.807, 2.05) is 24.3 Å². The molecule has 17 heavy (non-hydrogen) atoms. The van der Waals surface area contributed by atoms with Gasteiger partial charge < -0.3 is 10.4 Å². The van der Waals surface area contributed by atoms with Crippen molar-refractivity contribution in [3.05, 3.63) is 35.4 Å². The first-order chi connectivity index (χ1) is 8.11. The molecule has 0 saturated heterocycles. The average Bonchev–Trinajstić information content (AvgIpc) is 2.34. The molecule has 0 fully saturated rings. The van der Waals surface area contributed by atoms with Crippen LogP contribution in [-0.4, -0.2) is 27.4 Å². The topological polar surface area (TPSA) is 49.3 Å². The van der Waals surface area contributed by atoms with Crippen molar-refractivity contribution in [2.75, 3.05) is 12.0 Å². The summed E-state index contributed by atoms with van der Waals surface area (Å²) >= 11 is 0. The maximum atomic E-state index is 11.0. The van der Waals surface area contributed by atoms with Crippen molar-refractivity contribution in [2.24, 2.45) is 0 Å². The van der Waals surface area contributed by atoms with Crippen molar-refractivity contribution in [1.82, 2.24) is 5.32 Å². The van der Waals surface area contributed by atoms with Gasteiger partial charge in [-0.1, -0.05) is 24.3 Å². The maximum absolute atomic E-state index is 11.0. The first-order valence-corrected chi connectivity index (χ1v) is 7.56. The molecule has 96 valence electrons. The third kappa shape index (κ3) is 5.96. The maximum Gasteiger partial charge on any atom is 0.0681 e. The molecule has 0 radical (unpaired) electrons. The van der Waals surface area contributed by atoms with Crippen molar-refractivity contribution in [1.29, 1.82) is 0 Å². The van der Waals surface area contributed by atoms with Crippen LogP contribution in [0.3, 0.4) is 0 Å². The molecule has 2 N–H and O–H groups in total. The van der Waals surface area contributed by atoms with Gasteiger partial charge in [-0.05, 0) is 24.5 Å². The predicted octanol–water partition coefficient (Wildman–Crippen LogP) is 1.43. The summed E-state index contributed by atoms with van der Waals surface area (Å²) in [5.41, 5.74) is 2.13. The SMILES string of the molecule is CC(CCS(C)=O)NCc1ccc(CO)cc1. The van der Waals surface area contributed by atoms with E-state index in [0.29, 0.717) is 6.04 Å². The largest absolute Gasteiger partial charge is 0.392 e. The third-order valence-electron chi connectivity index (χ3n) is 2.70. The molecular formula is C13H21NO2S. The molecule has 2 unspecified atom stereocenters. The lowest BCUT2D eigenvalue weighted by molar-refractivity contribution is 0.282. The van der Waals surface area contributed by atoms with E-state index < -0.39 is 10.8 Å². The van der Waals surface area contributed by atoms with E-state index in [4.69, 9.17) is 5.11 Å². The Bertz CT molecular complexity index is 351. The molecule has 4 heteroatoms. The Balaban J connectivity index is 2.31. The molecule has 0 aliphatic heterocycles. The van der Waals surface area contributed by atoms with E-state index in [-0.39, 0.29) is 6.61 Å². The van der Waals surface area contributed by atoms with Crippen LogP contribution in [0.25, 0.3) is 0 Å². The Morgan fingerprint density at radius 1 is 1.29 bits per heavy atom. The van der Waals surface area contributed by atoms with Crippen LogP contribution in [0.4, 0.5) is 0 Å². The van der Waals surface area contributed by atoms with Crippen molar-refractivity contribution < 1.29 is 9.32 Å². The van der Waals surface area contributed by atoms with Crippen LogP contribution in [0.5, 0.6) is 0 Å². The highest BCUT2D eigenvalue weighted by atomic mass is 32.2. The molecule has 1 aromatic carbocycles. The summed E-state index contributed by atoms with van der Waals surface area (Å²) in [5, 5.41) is 12.3. The fourth-order valence-electron chi connectivity index (χ4n) is 1.50. The highest BCUT2D eigenvalue weighted by Crippen LogP contribution is 2.05. The van der Waals surface area contributed by atoms with Gasteiger partial charge >= 0.3 is 0 Å². The van der Waals surface area contributed by atoms with Crippen LogP contribution in [0.15, 0.2) is 24.3 Å². The molecule has 0 aliphatic rings. The van der Waals surface area contributed by atoms with Crippen molar-refractivity contribution in [2.45, 2.75) is 32.5 Å². The Labute approximate surface area is 106 Å². The number of benzene rings is 1. The molecule has 0 saturated carbocycles. The fraction of sp³-hybridized carbons (Fsp3) is 0.538. The normalized spacial score (nSPS) is 14.5. The first-order valence-electron chi connectivity index (χ1n) is 5.84. The van der Waals surface area contributed by atoms with E-state index in [0.717, 1.165) is 24.3 Å². The molecule has 0 amide bonds. The van der Waals surface area contributed by atoms with E-state index in [2.05, 4.69) is 12.2 Å². The molecular weight excluding hydrogens is 234 g/mol. The van der Waals surface area contributed by atoms with Crippen molar-refractivity contribution in [3.8, 4) is 0 Å². The van der Waals surface area contributed by atoms with Crippen molar-refractivity contribution in [3.63, 3.8) is 0 Å². The smallest absolute Gasteiger partial charge is 0.0681 e. The Kier molecular flexibility index (Phi) is 6.40. The molecule has 0 spiro atoms. The number of rotatable bonds is 7. The van der Waals surface area contributed by atoms with Gasteiger partial charge in [-0.3, -0.25) is 4.21 Å². The highest BCUT2D eigenvalue weighted by molar-refractivity contribution is 7.84. The zero-order valence-electron chi connectivity index (χ0n) is 10.5. The second-order valence-electron chi connectivity index (χ2n) is 4.32. The van der Waals surface area contributed by atoms with Gasteiger partial charge in [0.15, 0.2) is 0 Å². The van der Waals surface area contributed by atoms with E-state index in [1.54, 1.807) is 6.26 Å². The molecule has 0 heterocycles. The monoisotopic (exact) mass is 255 g/mol. The lowest BCUT2D eigenvalue weighted by atomic mass is 10.1. The first kappa shape index (κ1) is 14.4. The van der Waals surface area contributed by atoms with Gasteiger partial charge in [0.1, 0.15) is 0 Å². The van der Waals surface area contributed by atoms with Gasteiger partial charge in [0.25, 0.3) is 0 Å². The van der Waals surface area contributed by atoms with Gasteiger partial charge in [-0.15, -0.1) is 0 Å². The number of nitrogens with one attached hydrogen (secondary N) is 1. The minimum absolute atomic E-state index is 0.0897. The zero-order valence-corrected chi connectivity index (χ0v) is 11.3. The summed E-state index contributed by atoms with van der Waals surface area (Å²) < 4.78 is 11.0. The molecule has 3 nitrogen and oxygen atoms in total. The number of hydrogen-bond donors (Lipinski definition) is 2. The number of aliphatic hydroxyl groups is 1. The summed E-state index contributed by atoms with van der Waals surface area (Å²) in [6.07, 6.45) is 2.66. The Hall–Kier alpha value is -0.710. The second kappa shape index (κ2) is 7.58. The van der Waals surface area contributed by atoms with Crippen LogP contribution < -0.4 is 5.32 Å². The van der Waals surface area contributed by atoms with Gasteiger partial charge in [0.05, 0.1) is 6.61 Å². The Morgan fingerprint density at radius 3 is 2.41 bits per heavy atom. The molecule has 1 rings (SSSR count). The van der Waals surface area contributed by atoms with E-state index >= 15 is 0 Å². The standard InChI is InChI=1S/C13H21NO2S/c1-11(7-8-17(2)16)14-9-12-3-5-13(10-15)6-4-12/h3-6,11,14-15H,7-10H2,1-2H3. The molecule has 2 atom stereocenters. The number of hydrogen-bond acceptors (Lipinski definition) is 3. The zero-order chi connectivity index (χ0) is 12.7. The highest BCUT2D eigenvalue weighted by Gasteiger charge is 2.02. The summed E-state index contributed by atoms with van der Waals surface area (Å²) in [7, 11) is -0.706. The quantitative estimate of drug-likeness (QED) is 0.775. The minimum Gasteiger partial charge on any atom is -0.392 e. The second-order valence-corrected chi connectivity index (χ2v) is 5.88. The summed E-state index contributed by atoms with van der Waals surface area (Å²) in [4.78, 5) is 0. The van der Waals surface area contributed by atoms with Crippen LogP contribution in [0.2, 0.25) is 0 Å². The summed E-state index contributed by atoms with van der Waals surface area (Å²) in [6.45, 7) is 3.00. The van der Waals surface area contributed by atoms with Gasteiger partial charge in [-0.25, -0.2) is 0 Å². The summed E-state index contributed by atoms with van der Waals surface area (Å²) in [6, 6.07) is 8.27. The van der Waals surface area contributed by atoms with E-state index in [1.165, 1.54) is 5.56 Å². The lowest BCUT2D eigenvalue weighted by Gasteiger charge is -2.13. The molecule has 0 aliphatic carbocycles.